The predicted molar refractivity (Wildman–Crippen MR) is 78.1 cm³/mol. The molecule has 1 heterocycles. The lowest BCUT2D eigenvalue weighted by molar-refractivity contribution is 0.581. The van der Waals surface area contributed by atoms with E-state index in [-0.39, 0.29) is 4.90 Å². The summed E-state index contributed by atoms with van der Waals surface area (Å²) in [6, 6.07) is 5.27. The summed E-state index contributed by atoms with van der Waals surface area (Å²) in [6.45, 7) is 1.27. The van der Waals surface area contributed by atoms with Crippen molar-refractivity contribution in [3.8, 4) is 0 Å². The molecule has 0 fully saturated rings. The molecule has 0 saturated heterocycles. The molecule has 21 heavy (non-hydrogen) atoms. The Hall–Kier alpha value is -1.93. The maximum Gasteiger partial charge on any atom is 0.267 e. The first-order chi connectivity index (χ1) is 9.95. The molecule has 114 valence electrons. The van der Waals surface area contributed by atoms with Crippen molar-refractivity contribution in [2.45, 2.75) is 11.4 Å². The van der Waals surface area contributed by atoms with Gasteiger partial charge in [0.1, 0.15) is 10.7 Å². The summed E-state index contributed by atoms with van der Waals surface area (Å²) in [7, 11) is -0.469. The molecule has 0 aliphatic rings. The highest BCUT2D eigenvalue weighted by Gasteiger charge is 2.23. The van der Waals surface area contributed by atoms with Gasteiger partial charge in [-0.15, -0.1) is 0 Å². The summed E-state index contributed by atoms with van der Waals surface area (Å²) >= 11 is 0. The van der Waals surface area contributed by atoms with Gasteiger partial charge in [0.2, 0.25) is 0 Å². The van der Waals surface area contributed by atoms with Crippen LogP contribution in [-0.2, 0) is 16.6 Å². The molecule has 0 unspecified atom stereocenters. The lowest BCUT2D eigenvalue weighted by atomic mass is 10.3. The number of hydrogen-bond acceptors (Lipinski definition) is 4. The molecule has 1 N–H and O–H groups in total. The van der Waals surface area contributed by atoms with Gasteiger partial charge in [0.15, 0.2) is 0 Å². The lowest BCUT2D eigenvalue weighted by Crippen LogP contribution is -2.26. The van der Waals surface area contributed by atoms with E-state index in [0.717, 1.165) is 4.31 Å². The van der Waals surface area contributed by atoms with E-state index in [9.17, 15) is 12.8 Å². The second-order valence-electron chi connectivity index (χ2n) is 4.49. The number of nitrogens with one attached hydrogen (secondary N) is 1. The van der Waals surface area contributed by atoms with E-state index in [4.69, 9.17) is 0 Å². The number of sulfonamides is 1. The second-order valence-corrected chi connectivity index (χ2v) is 6.46. The lowest BCUT2D eigenvalue weighted by Gasteiger charge is -2.18. The maximum absolute atomic E-state index is 12.9. The van der Waals surface area contributed by atoms with Gasteiger partial charge >= 0.3 is 0 Å². The van der Waals surface area contributed by atoms with Crippen LogP contribution in [-0.4, -0.2) is 38.8 Å². The van der Waals surface area contributed by atoms with Gasteiger partial charge in [-0.3, -0.25) is 8.99 Å². The number of likely N-dealkylation sites (N-methyl/N-ethyl adjacent to an activating group) is 1. The number of nitrogens with zero attached hydrogens (tertiary/aromatic N) is 3. The predicted octanol–water partition coefficient (Wildman–Crippen LogP) is 1.07. The highest BCUT2D eigenvalue weighted by atomic mass is 32.2. The second kappa shape index (κ2) is 6.23. The fourth-order valence-corrected chi connectivity index (χ4v) is 2.93. The van der Waals surface area contributed by atoms with E-state index < -0.39 is 15.8 Å². The first-order valence-corrected chi connectivity index (χ1v) is 7.80. The van der Waals surface area contributed by atoms with Gasteiger partial charge in [-0.25, -0.2) is 12.8 Å². The van der Waals surface area contributed by atoms with Crippen molar-refractivity contribution in [1.29, 1.82) is 0 Å². The fourth-order valence-electron chi connectivity index (χ4n) is 1.77. The summed E-state index contributed by atoms with van der Waals surface area (Å²) in [6.07, 6.45) is 2.79. The number of anilines is 1. The Kier molecular flexibility index (Phi) is 4.59. The van der Waals surface area contributed by atoms with Gasteiger partial charge in [0, 0.05) is 19.8 Å². The number of benzene rings is 1. The zero-order valence-electron chi connectivity index (χ0n) is 11.8. The van der Waals surface area contributed by atoms with Crippen LogP contribution >= 0.6 is 0 Å². The average molecular weight is 312 g/mol. The molecule has 2 rings (SSSR count). The molecule has 0 aliphatic heterocycles. The highest BCUT2D eigenvalue weighted by Crippen LogP contribution is 2.21. The van der Waals surface area contributed by atoms with E-state index in [1.165, 1.54) is 43.7 Å². The van der Waals surface area contributed by atoms with Crippen molar-refractivity contribution in [2.24, 2.45) is 0 Å². The van der Waals surface area contributed by atoms with Gasteiger partial charge < -0.3 is 5.32 Å². The Balaban J connectivity index is 2.24. The smallest absolute Gasteiger partial charge is 0.267 e. The van der Waals surface area contributed by atoms with E-state index in [1.54, 1.807) is 4.68 Å². The van der Waals surface area contributed by atoms with Gasteiger partial charge in [0.05, 0.1) is 18.4 Å². The first-order valence-electron chi connectivity index (χ1n) is 6.36. The standard InChI is InChI=1S/C13H17FN4O2S/c1-15-7-8-18-10-13(9-16-18)21(19,20)17(2)12-5-3-11(14)4-6-12/h3-6,9-10,15H,7-8H2,1-2H3. The number of rotatable bonds is 6. The molecule has 0 bridgehead atoms. The van der Waals surface area contributed by atoms with Crippen LogP contribution in [0.2, 0.25) is 0 Å². The van der Waals surface area contributed by atoms with Gasteiger partial charge in [0.25, 0.3) is 10.0 Å². The van der Waals surface area contributed by atoms with Crippen molar-refractivity contribution in [1.82, 2.24) is 15.1 Å². The van der Waals surface area contributed by atoms with Crippen molar-refractivity contribution in [2.75, 3.05) is 24.9 Å². The monoisotopic (exact) mass is 312 g/mol. The Morgan fingerprint density at radius 1 is 1.33 bits per heavy atom. The Morgan fingerprint density at radius 2 is 2.00 bits per heavy atom. The summed E-state index contributed by atoms with van der Waals surface area (Å²) in [5.41, 5.74) is 0.388. The molecular formula is C13H17FN4O2S. The molecule has 0 atom stereocenters. The Bertz CT molecular complexity index is 697. The van der Waals surface area contributed by atoms with E-state index in [2.05, 4.69) is 10.4 Å². The summed E-state index contributed by atoms with van der Waals surface area (Å²) in [5, 5.41) is 6.98. The highest BCUT2D eigenvalue weighted by molar-refractivity contribution is 7.92. The van der Waals surface area contributed by atoms with Crippen LogP contribution in [0.15, 0.2) is 41.6 Å². The Morgan fingerprint density at radius 3 is 2.62 bits per heavy atom. The van der Waals surface area contributed by atoms with Crippen LogP contribution in [0.5, 0.6) is 0 Å². The van der Waals surface area contributed by atoms with E-state index >= 15 is 0 Å². The van der Waals surface area contributed by atoms with Crippen LogP contribution < -0.4 is 9.62 Å². The van der Waals surface area contributed by atoms with Crippen LogP contribution in [0.3, 0.4) is 0 Å². The minimum absolute atomic E-state index is 0.102. The first kappa shape index (κ1) is 15.5. The average Bonchev–Trinajstić information content (AvgIpc) is 2.94. The topological polar surface area (TPSA) is 67.2 Å². The van der Waals surface area contributed by atoms with Crippen LogP contribution in [0.25, 0.3) is 0 Å². The zero-order valence-corrected chi connectivity index (χ0v) is 12.6. The minimum atomic E-state index is -3.70. The number of hydrogen-bond donors (Lipinski definition) is 1. The van der Waals surface area contributed by atoms with Gasteiger partial charge in [-0.1, -0.05) is 0 Å². The van der Waals surface area contributed by atoms with Gasteiger partial charge in [-0.05, 0) is 31.3 Å². The maximum atomic E-state index is 12.9. The largest absolute Gasteiger partial charge is 0.318 e. The summed E-state index contributed by atoms with van der Waals surface area (Å²) in [4.78, 5) is 0.102. The number of halogens is 1. The fraction of sp³-hybridized carbons (Fsp3) is 0.308. The van der Waals surface area contributed by atoms with Crippen LogP contribution in [0, 0.1) is 5.82 Å². The molecule has 0 spiro atoms. The van der Waals surface area contributed by atoms with Crippen molar-refractivity contribution in [3.63, 3.8) is 0 Å². The minimum Gasteiger partial charge on any atom is -0.318 e. The quantitative estimate of drug-likeness (QED) is 0.866. The third-order valence-electron chi connectivity index (χ3n) is 3.05. The molecule has 1 aromatic heterocycles. The van der Waals surface area contributed by atoms with E-state index in [1.807, 2.05) is 7.05 Å². The summed E-state index contributed by atoms with van der Waals surface area (Å²) in [5.74, 6) is -0.413. The van der Waals surface area contributed by atoms with Gasteiger partial charge in [-0.2, -0.15) is 5.10 Å². The normalized spacial score (nSPS) is 11.6. The molecule has 0 saturated carbocycles. The Labute approximate surface area is 123 Å². The zero-order chi connectivity index (χ0) is 15.5. The van der Waals surface area contributed by atoms with Crippen LogP contribution in [0.4, 0.5) is 10.1 Å². The summed E-state index contributed by atoms with van der Waals surface area (Å²) < 4.78 is 40.5. The molecule has 8 heteroatoms. The molecule has 2 aromatic rings. The molecule has 1 aromatic carbocycles. The SMILES string of the molecule is CNCCn1cc(S(=O)(=O)N(C)c2ccc(F)cc2)cn1. The van der Waals surface area contributed by atoms with Crippen LogP contribution in [0.1, 0.15) is 0 Å². The third-order valence-corrected chi connectivity index (χ3v) is 4.79. The van der Waals surface area contributed by atoms with Crippen molar-refractivity contribution in [3.05, 3.63) is 42.5 Å². The molecule has 0 radical (unpaired) electrons. The van der Waals surface area contributed by atoms with Crippen molar-refractivity contribution < 1.29 is 12.8 Å². The van der Waals surface area contributed by atoms with Crippen molar-refractivity contribution >= 4 is 15.7 Å². The molecular weight excluding hydrogens is 295 g/mol. The molecule has 0 amide bonds. The number of aromatic nitrogens is 2. The molecule has 6 nitrogen and oxygen atoms in total. The van der Waals surface area contributed by atoms with E-state index in [0.29, 0.717) is 18.8 Å². The third kappa shape index (κ3) is 3.40. The molecule has 0 aliphatic carbocycles.